The van der Waals surface area contributed by atoms with Crippen molar-refractivity contribution in [1.82, 2.24) is 0 Å². The zero-order valence-electron chi connectivity index (χ0n) is 8.50. The lowest BCUT2D eigenvalue weighted by Crippen LogP contribution is -2.16. The number of ether oxygens (including phenoxy) is 2. The first kappa shape index (κ1) is 11.8. The number of rotatable bonds is 4. The Morgan fingerprint density at radius 2 is 2.25 bits per heavy atom. The van der Waals surface area contributed by atoms with Crippen LogP contribution in [0.4, 0.5) is 10.5 Å². The molecule has 1 rings (SSSR count). The largest absolute Gasteiger partial charge is 0.487 e. The van der Waals surface area contributed by atoms with E-state index in [1.807, 2.05) is 0 Å². The van der Waals surface area contributed by atoms with Crippen LogP contribution in [0, 0.1) is 10.1 Å². The van der Waals surface area contributed by atoms with E-state index in [-0.39, 0.29) is 17.2 Å². The van der Waals surface area contributed by atoms with Gasteiger partial charge in [0.2, 0.25) is 0 Å². The topological polar surface area (TPSA) is 105 Å². The molecule has 2 N–H and O–H groups in total. The Kier molecular flexibility index (Phi) is 3.65. The summed E-state index contributed by atoms with van der Waals surface area (Å²) in [5, 5.41) is 10.7. The van der Waals surface area contributed by atoms with Gasteiger partial charge < -0.3 is 15.2 Å². The third kappa shape index (κ3) is 2.84. The van der Waals surface area contributed by atoms with Crippen LogP contribution in [-0.4, -0.2) is 17.6 Å². The molecule has 0 spiro atoms. The molecule has 86 valence electrons. The number of benzene rings is 1. The van der Waals surface area contributed by atoms with E-state index in [0.717, 1.165) is 6.07 Å². The maximum absolute atomic E-state index is 10.7. The van der Waals surface area contributed by atoms with Gasteiger partial charge in [-0.05, 0) is 19.1 Å². The fourth-order valence-corrected chi connectivity index (χ4v) is 1.10. The third-order valence-corrected chi connectivity index (χ3v) is 1.65. The highest BCUT2D eigenvalue weighted by Crippen LogP contribution is 2.30. The molecule has 0 aromatic heterocycles. The molecule has 0 saturated carbocycles. The van der Waals surface area contributed by atoms with Gasteiger partial charge in [-0.15, -0.1) is 0 Å². The molecule has 0 atom stereocenters. The van der Waals surface area contributed by atoms with Crippen molar-refractivity contribution in [2.45, 2.75) is 6.92 Å². The van der Waals surface area contributed by atoms with Crippen molar-refractivity contribution in [3.63, 3.8) is 0 Å². The predicted molar refractivity (Wildman–Crippen MR) is 54.5 cm³/mol. The number of nitro groups is 1. The van der Waals surface area contributed by atoms with Crippen molar-refractivity contribution in [1.29, 1.82) is 0 Å². The lowest BCUT2D eigenvalue weighted by Gasteiger charge is -2.05. The van der Waals surface area contributed by atoms with Gasteiger partial charge in [-0.2, -0.15) is 0 Å². The van der Waals surface area contributed by atoms with Gasteiger partial charge in [-0.1, -0.05) is 0 Å². The molecular formula is C9H10N2O5. The molecule has 7 nitrogen and oxygen atoms in total. The molecule has 0 bridgehead atoms. The summed E-state index contributed by atoms with van der Waals surface area (Å²) in [7, 11) is 0. The molecule has 0 fully saturated rings. The first-order valence-electron chi connectivity index (χ1n) is 4.43. The highest BCUT2D eigenvalue weighted by molar-refractivity contribution is 5.68. The van der Waals surface area contributed by atoms with Crippen molar-refractivity contribution in [2.75, 3.05) is 6.61 Å². The van der Waals surface area contributed by atoms with Gasteiger partial charge in [0.05, 0.1) is 17.6 Å². The maximum atomic E-state index is 10.7. The quantitative estimate of drug-likeness (QED) is 0.617. The van der Waals surface area contributed by atoms with Crippen LogP contribution in [0.2, 0.25) is 0 Å². The van der Waals surface area contributed by atoms with Crippen molar-refractivity contribution in [3.05, 3.63) is 28.3 Å². The van der Waals surface area contributed by atoms with Crippen LogP contribution in [-0.2, 0) is 0 Å². The normalized spacial score (nSPS) is 9.56. The molecule has 7 heteroatoms. The van der Waals surface area contributed by atoms with Crippen LogP contribution in [0.5, 0.6) is 11.5 Å². The minimum Gasteiger partial charge on any atom is -0.487 e. The van der Waals surface area contributed by atoms with Gasteiger partial charge in [-0.25, -0.2) is 4.79 Å². The van der Waals surface area contributed by atoms with Crippen molar-refractivity contribution >= 4 is 11.8 Å². The smallest absolute Gasteiger partial charge is 0.409 e. The van der Waals surface area contributed by atoms with Gasteiger partial charge in [-0.3, -0.25) is 10.1 Å². The number of primary amides is 1. The summed E-state index contributed by atoms with van der Waals surface area (Å²) in [5.74, 6) is 0.118. The van der Waals surface area contributed by atoms with Crippen LogP contribution >= 0.6 is 0 Å². The molecule has 0 aliphatic carbocycles. The number of nitrogens with two attached hydrogens (primary N) is 1. The second-order valence-corrected chi connectivity index (χ2v) is 2.74. The summed E-state index contributed by atoms with van der Waals surface area (Å²) in [6, 6.07) is 3.79. The third-order valence-electron chi connectivity index (χ3n) is 1.65. The number of hydrogen-bond donors (Lipinski definition) is 1. The second-order valence-electron chi connectivity index (χ2n) is 2.74. The minimum atomic E-state index is -1.03. The fourth-order valence-electron chi connectivity index (χ4n) is 1.10. The fraction of sp³-hybridized carbons (Fsp3) is 0.222. The van der Waals surface area contributed by atoms with Gasteiger partial charge in [0.25, 0.3) is 0 Å². The molecule has 0 radical (unpaired) electrons. The van der Waals surface area contributed by atoms with E-state index >= 15 is 0 Å². The lowest BCUT2D eigenvalue weighted by molar-refractivity contribution is -0.385. The Hall–Kier alpha value is -2.31. The van der Waals surface area contributed by atoms with Crippen LogP contribution in [0.25, 0.3) is 0 Å². The van der Waals surface area contributed by atoms with Gasteiger partial charge in [0.15, 0.2) is 5.75 Å². The van der Waals surface area contributed by atoms with Gasteiger partial charge >= 0.3 is 11.8 Å². The second kappa shape index (κ2) is 4.96. The molecular weight excluding hydrogens is 216 g/mol. The molecule has 0 aliphatic heterocycles. The summed E-state index contributed by atoms with van der Waals surface area (Å²) in [5.41, 5.74) is 4.51. The summed E-state index contributed by atoms with van der Waals surface area (Å²) < 4.78 is 9.56. The molecule has 1 aromatic rings. The van der Waals surface area contributed by atoms with Gasteiger partial charge in [0.1, 0.15) is 5.75 Å². The molecule has 0 aliphatic rings. The maximum Gasteiger partial charge on any atom is 0.409 e. The average Bonchev–Trinajstić information content (AvgIpc) is 2.19. The van der Waals surface area contributed by atoms with Crippen LogP contribution in [0.3, 0.4) is 0 Å². The summed E-state index contributed by atoms with van der Waals surface area (Å²) in [6.07, 6.45) is -1.03. The number of hydrogen-bond acceptors (Lipinski definition) is 5. The summed E-state index contributed by atoms with van der Waals surface area (Å²) >= 11 is 0. The number of amides is 1. The van der Waals surface area contributed by atoms with E-state index in [2.05, 4.69) is 4.74 Å². The number of carbonyl (C=O) groups excluding carboxylic acids is 1. The zero-order chi connectivity index (χ0) is 12.1. The molecule has 1 aromatic carbocycles. The van der Waals surface area contributed by atoms with Crippen molar-refractivity contribution in [2.24, 2.45) is 5.73 Å². The molecule has 0 heterocycles. The Morgan fingerprint density at radius 3 is 2.75 bits per heavy atom. The minimum absolute atomic E-state index is 0.00246. The molecule has 16 heavy (non-hydrogen) atoms. The highest BCUT2D eigenvalue weighted by Gasteiger charge is 2.16. The summed E-state index contributed by atoms with van der Waals surface area (Å²) in [4.78, 5) is 20.5. The summed E-state index contributed by atoms with van der Waals surface area (Å²) in [6.45, 7) is 2.01. The Bertz CT molecular complexity index is 418. The average molecular weight is 226 g/mol. The zero-order valence-corrected chi connectivity index (χ0v) is 8.50. The van der Waals surface area contributed by atoms with E-state index in [0.29, 0.717) is 6.61 Å². The Morgan fingerprint density at radius 1 is 1.56 bits per heavy atom. The number of carbonyl (C=O) groups is 1. The Labute approximate surface area is 90.9 Å². The lowest BCUT2D eigenvalue weighted by atomic mass is 10.3. The van der Waals surface area contributed by atoms with Gasteiger partial charge in [0, 0.05) is 0 Å². The van der Waals surface area contributed by atoms with E-state index in [1.54, 1.807) is 6.92 Å². The van der Waals surface area contributed by atoms with Crippen LogP contribution in [0.1, 0.15) is 6.92 Å². The highest BCUT2D eigenvalue weighted by atomic mass is 16.6. The standard InChI is InChI=1S/C9H10N2O5/c1-2-15-8-4-3-6(16-9(10)12)5-7(8)11(13)14/h3-5H,2H2,1H3,(H2,10,12). The first-order chi connectivity index (χ1) is 7.54. The van der Waals surface area contributed by atoms with Crippen LogP contribution < -0.4 is 15.2 Å². The van der Waals surface area contributed by atoms with E-state index in [9.17, 15) is 14.9 Å². The van der Waals surface area contributed by atoms with E-state index in [1.165, 1.54) is 12.1 Å². The van der Waals surface area contributed by atoms with Crippen LogP contribution in [0.15, 0.2) is 18.2 Å². The Balaban J connectivity index is 3.06. The van der Waals surface area contributed by atoms with E-state index < -0.39 is 11.0 Å². The first-order valence-corrected chi connectivity index (χ1v) is 4.43. The molecule has 0 saturated heterocycles. The number of nitro benzene ring substituents is 1. The molecule has 1 amide bonds. The van der Waals surface area contributed by atoms with Crippen molar-refractivity contribution < 1.29 is 19.2 Å². The van der Waals surface area contributed by atoms with E-state index in [4.69, 9.17) is 10.5 Å². The monoisotopic (exact) mass is 226 g/mol. The predicted octanol–water partition coefficient (Wildman–Crippen LogP) is 1.45. The van der Waals surface area contributed by atoms with Crippen molar-refractivity contribution in [3.8, 4) is 11.5 Å². The molecule has 0 unspecified atom stereocenters. The number of nitrogens with zero attached hydrogens (tertiary/aromatic N) is 1. The SMILES string of the molecule is CCOc1ccc(OC(N)=O)cc1[N+](=O)[O-].